The van der Waals surface area contributed by atoms with Crippen LogP contribution in [0.2, 0.25) is 5.22 Å². The highest BCUT2D eigenvalue weighted by atomic mass is 35.5. The van der Waals surface area contributed by atoms with Gasteiger partial charge in [-0.2, -0.15) is 0 Å². The summed E-state index contributed by atoms with van der Waals surface area (Å²) in [4.78, 5) is 15.5. The number of rotatable bonds is 2. The first-order chi connectivity index (χ1) is 9.06. The van der Waals surface area contributed by atoms with E-state index in [4.69, 9.17) is 16.0 Å². The standard InChI is InChI=1S/C13H13ClN2O3/c1-7-4-5-16-8(6-7)11(13(17)18)15-12(16)9-2-3-10(14)19-9/h2-3,7H,4-6H2,1H3,(H,17,18). The summed E-state index contributed by atoms with van der Waals surface area (Å²) in [7, 11) is 0. The van der Waals surface area contributed by atoms with Gasteiger partial charge in [0.2, 0.25) is 0 Å². The Balaban J connectivity index is 2.16. The van der Waals surface area contributed by atoms with Crippen LogP contribution in [0, 0.1) is 5.92 Å². The van der Waals surface area contributed by atoms with Gasteiger partial charge in [-0.3, -0.25) is 0 Å². The number of aromatic nitrogens is 2. The fourth-order valence-corrected chi connectivity index (χ4v) is 2.66. The predicted molar refractivity (Wildman–Crippen MR) is 69.4 cm³/mol. The molecule has 2 aromatic rings. The van der Waals surface area contributed by atoms with Gasteiger partial charge in [-0.25, -0.2) is 9.78 Å². The summed E-state index contributed by atoms with van der Waals surface area (Å²) >= 11 is 5.77. The molecule has 0 spiro atoms. The Hall–Kier alpha value is -1.75. The number of nitrogens with zero attached hydrogens (tertiary/aromatic N) is 2. The summed E-state index contributed by atoms with van der Waals surface area (Å²) in [6, 6.07) is 3.34. The molecular formula is C13H13ClN2O3. The van der Waals surface area contributed by atoms with E-state index in [2.05, 4.69) is 11.9 Å². The third-order valence-electron chi connectivity index (χ3n) is 3.46. The number of carboxylic acids is 1. The first kappa shape index (κ1) is 12.3. The van der Waals surface area contributed by atoms with Gasteiger partial charge in [0, 0.05) is 6.54 Å². The Kier molecular flexibility index (Phi) is 2.86. The summed E-state index contributed by atoms with van der Waals surface area (Å²) in [5, 5.41) is 9.53. The van der Waals surface area contributed by atoms with Crippen molar-refractivity contribution in [1.82, 2.24) is 9.55 Å². The van der Waals surface area contributed by atoms with Gasteiger partial charge in [0.25, 0.3) is 0 Å². The molecule has 3 heterocycles. The normalized spacial score (nSPS) is 18.3. The molecule has 0 amide bonds. The van der Waals surface area contributed by atoms with Crippen molar-refractivity contribution in [2.24, 2.45) is 5.92 Å². The topological polar surface area (TPSA) is 68.3 Å². The van der Waals surface area contributed by atoms with Crippen molar-refractivity contribution < 1.29 is 14.3 Å². The summed E-state index contributed by atoms with van der Waals surface area (Å²) in [6.45, 7) is 2.87. The van der Waals surface area contributed by atoms with Gasteiger partial charge < -0.3 is 14.1 Å². The molecule has 0 fully saturated rings. The fourth-order valence-electron chi connectivity index (χ4n) is 2.51. The lowest BCUT2D eigenvalue weighted by molar-refractivity contribution is 0.0689. The first-order valence-electron chi connectivity index (χ1n) is 6.14. The average molecular weight is 281 g/mol. The van der Waals surface area contributed by atoms with E-state index in [1.807, 2.05) is 4.57 Å². The molecule has 3 rings (SSSR count). The molecule has 1 atom stereocenters. The van der Waals surface area contributed by atoms with Crippen LogP contribution in [0.1, 0.15) is 29.5 Å². The highest BCUT2D eigenvalue weighted by Crippen LogP contribution is 2.31. The molecule has 0 aromatic carbocycles. The van der Waals surface area contributed by atoms with Crippen molar-refractivity contribution in [3.63, 3.8) is 0 Å². The molecule has 1 aliphatic heterocycles. The second-order valence-electron chi connectivity index (χ2n) is 4.89. The zero-order chi connectivity index (χ0) is 13.6. The summed E-state index contributed by atoms with van der Waals surface area (Å²) in [5.74, 6) is 0.525. The molecule has 5 nitrogen and oxygen atoms in total. The summed E-state index contributed by atoms with van der Waals surface area (Å²) in [5.41, 5.74) is 0.892. The Morgan fingerprint density at radius 1 is 1.58 bits per heavy atom. The van der Waals surface area contributed by atoms with E-state index in [9.17, 15) is 9.90 Å². The van der Waals surface area contributed by atoms with Crippen molar-refractivity contribution in [2.45, 2.75) is 26.3 Å². The lowest BCUT2D eigenvalue weighted by Crippen LogP contribution is -2.19. The van der Waals surface area contributed by atoms with Gasteiger partial charge in [-0.15, -0.1) is 0 Å². The summed E-state index contributed by atoms with van der Waals surface area (Å²) in [6.07, 6.45) is 1.73. The van der Waals surface area contributed by atoms with Gasteiger partial charge in [0.15, 0.2) is 22.5 Å². The largest absolute Gasteiger partial charge is 0.476 e. The minimum Gasteiger partial charge on any atom is -0.476 e. The molecule has 19 heavy (non-hydrogen) atoms. The number of aromatic carboxylic acids is 1. The third kappa shape index (κ3) is 2.04. The second-order valence-corrected chi connectivity index (χ2v) is 5.26. The quantitative estimate of drug-likeness (QED) is 0.918. The van der Waals surface area contributed by atoms with E-state index in [-0.39, 0.29) is 10.9 Å². The number of imidazole rings is 1. The minimum atomic E-state index is -0.998. The molecule has 1 aliphatic rings. The molecule has 2 aromatic heterocycles. The number of hydrogen-bond acceptors (Lipinski definition) is 3. The SMILES string of the molecule is CC1CCn2c(-c3ccc(Cl)o3)nc(C(=O)O)c2C1. The molecule has 0 saturated heterocycles. The van der Waals surface area contributed by atoms with Gasteiger partial charge in [-0.05, 0) is 42.5 Å². The van der Waals surface area contributed by atoms with Gasteiger partial charge in [0.05, 0.1) is 5.69 Å². The zero-order valence-electron chi connectivity index (χ0n) is 10.4. The molecule has 0 aliphatic carbocycles. The lowest BCUT2D eigenvalue weighted by atomic mass is 9.97. The zero-order valence-corrected chi connectivity index (χ0v) is 11.1. The van der Waals surface area contributed by atoms with Crippen molar-refractivity contribution in [2.75, 3.05) is 0 Å². The molecule has 6 heteroatoms. The van der Waals surface area contributed by atoms with E-state index in [1.165, 1.54) is 0 Å². The van der Waals surface area contributed by atoms with Crippen LogP contribution in [0.4, 0.5) is 0 Å². The Morgan fingerprint density at radius 3 is 3.00 bits per heavy atom. The van der Waals surface area contributed by atoms with Crippen molar-refractivity contribution in [3.05, 3.63) is 28.7 Å². The Morgan fingerprint density at radius 2 is 2.37 bits per heavy atom. The number of halogens is 1. The summed E-state index contributed by atoms with van der Waals surface area (Å²) < 4.78 is 7.27. The molecule has 1 N–H and O–H groups in total. The Labute approximate surface area is 114 Å². The van der Waals surface area contributed by atoms with Gasteiger partial charge in [-0.1, -0.05) is 6.92 Å². The molecule has 0 radical (unpaired) electrons. The average Bonchev–Trinajstić information content (AvgIpc) is 2.92. The molecule has 0 saturated carbocycles. The van der Waals surface area contributed by atoms with E-state index in [0.29, 0.717) is 17.5 Å². The number of fused-ring (bicyclic) bond motifs is 1. The van der Waals surface area contributed by atoms with E-state index >= 15 is 0 Å². The van der Waals surface area contributed by atoms with Gasteiger partial charge in [0.1, 0.15) is 0 Å². The van der Waals surface area contributed by atoms with Crippen LogP contribution >= 0.6 is 11.6 Å². The second kappa shape index (κ2) is 4.42. The van der Waals surface area contributed by atoms with Crippen LogP contribution in [0.25, 0.3) is 11.6 Å². The maximum atomic E-state index is 11.3. The maximum Gasteiger partial charge on any atom is 0.356 e. The van der Waals surface area contributed by atoms with Crippen LogP contribution < -0.4 is 0 Å². The monoisotopic (exact) mass is 280 g/mol. The van der Waals surface area contributed by atoms with E-state index in [0.717, 1.165) is 25.1 Å². The number of carbonyl (C=O) groups is 1. The number of carboxylic acid groups (broad SMARTS) is 1. The van der Waals surface area contributed by atoms with Crippen LogP contribution in [0.15, 0.2) is 16.5 Å². The molecule has 1 unspecified atom stereocenters. The fraction of sp³-hybridized carbons (Fsp3) is 0.385. The van der Waals surface area contributed by atoms with Crippen molar-refractivity contribution >= 4 is 17.6 Å². The van der Waals surface area contributed by atoms with Crippen LogP contribution in [-0.2, 0) is 13.0 Å². The lowest BCUT2D eigenvalue weighted by Gasteiger charge is -2.21. The number of hydrogen-bond donors (Lipinski definition) is 1. The molecular weight excluding hydrogens is 268 g/mol. The number of furan rings is 1. The predicted octanol–water partition coefficient (Wildman–Crippen LogP) is 3.08. The first-order valence-corrected chi connectivity index (χ1v) is 6.52. The smallest absolute Gasteiger partial charge is 0.356 e. The van der Waals surface area contributed by atoms with E-state index in [1.54, 1.807) is 12.1 Å². The minimum absolute atomic E-state index is 0.120. The third-order valence-corrected chi connectivity index (χ3v) is 3.66. The van der Waals surface area contributed by atoms with Crippen LogP contribution in [0.5, 0.6) is 0 Å². The highest BCUT2D eigenvalue weighted by molar-refractivity contribution is 6.28. The van der Waals surface area contributed by atoms with Crippen LogP contribution in [-0.4, -0.2) is 20.6 Å². The molecule has 100 valence electrons. The Bertz CT molecular complexity index is 644. The van der Waals surface area contributed by atoms with E-state index < -0.39 is 5.97 Å². The highest BCUT2D eigenvalue weighted by Gasteiger charge is 2.28. The van der Waals surface area contributed by atoms with Crippen LogP contribution in [0.3, 0.4) is 0 Å². The van der Waals surface area contributed by atoms with Gasteiger partial charge >= 0.3 is 5.97 Å². The van der Waals surface area contributed by atoms with Crippen molar-refractivity contribution in [3.8, 4) is 11.6 Å². The van der Waals surface area contributed by atoms with Crippen molar-refractivity contribution in [1.29, 1.82) is 0 Å². The molecule has 0 bridgehead atoms. The maximum absolute atomic E-state index is 11.3.